The van der Waals surface area contributed by atoms with Crippen molar-refractivity contribution < 1.29 is 9.53 Å². The highest BCUT2D eigenvalue weighted by Gasteiger charge is 2.09. The molecule has 0 radical (unpaired) electrons. The van der Waals surface area contributed by atoms with Crippen LogP contribution >= 0.6 is 0 Å². The molecule has 1 aromatic heterocycles. The molecule has 0 N–H and O–H groups in total. The Bertz CT molecular complexity index is 587. The van der Waals surface area contributed by atoms with Gasteiger partial charge < -0.3 is 9.30 Å². The van der Waals surface area contributed by atoms with Gasteiger partial charge in [-0.1, -0.05) is 18.2 Å². The summed E-state index contributed by atoms with van der Waals surface area (Å²) in [5.41, 5.74) is 0.103. The monoisotopic (exact) mass is 229 g/mol. The summed E-state index contributed by atoms with van der Waals surface area (Å²) in [7, 11) is 1.75. The van der Waals surface area contributed by atoms with Crippen LogP contribution in [0.25, 0.3) is 0 Å². The van der Waals surface area contributed by atoms with Gasteiger partial charge in [-0.05, 0) is 12.1 Å². The van der Waals surface area contributed by atoms with E-state index in [9.17, 15) is 9.59 Å². The molecule has 17 heavy (non-hydrogen) atoms. The summed E-state index contributed by atoms with van der Waals surface area (Å²) >= 11 is 0. The second kappa shape index (κ2) is 4.65. The van der Waals surface area contributed by atoms with Crippen molar-refractivity contribution in [1.29, 1.82) is 0 Å². The number of benzene rings is 1. The van der Waals surface area contributed by atoms with Gasteiger partial charge >= 0.3 is 5.97 Å². The maximum Gasteiger partial charge on any atom is 0.343 e. The van der Waals surface area contributed by atoms with E-state index in [4.69, 9.17) is 4.74 Å². The van der Waals surface area contributed by atoms with Gasteiger partial charge in [0.25, 0.3) is 0 Å². The summed E-state index contributed by atoms with van der Waals surface area (Å²) in [4.78, 5) is 23.2. The zero-order chi connectivity index (χ0) is 12.3. The minimum Gasteiger partial charge on any atom is -0.417 e. The SMILES string of the molecule is Cn1ccc(=O)c(OC(=O)c2ccccc2)c1. The second-order valence-electron chi connectivity index (χ2n) is 3.59. The molecule has 0 bridgehead atoms. The maximum absolute atomic E-state index is 11.7. The topological polar surface area (TPSA) is 48.3 Å². The van der Waals surface area contributed by atoms with Crippen LogP contribution in [0, 0.1) is 0 Å². The van der Waals surface area contributed by atoms with Crippen molar-refractivity contribution in [2.75, 3.05) is 0 Å². The Morgan fingerprint density at radius 3 is 2.59 bits per heavy atom. The molecule has 0 aliphatic rings. The van der Waals surface area contributed by atoms with Crippen molar-refractivity contribution in [3.63, 3.8) is 0 Å². The maximum atomic E-state index is 11.7. The molecular weight excluding hydrogens is 218 g/mol. The fourth-order valence-corrected chi connectivity index (χ4v) is 1.37. The van der Waals surface area contributed by atoms with Crippen molar-refractivity contribution in [1.82, 2.24) is 4.57 Å². The van der Waals surface area contributed by atoms with Crippen LogP contribution in [0.3, 0.4) is 0 Å². The lowest BCUT2D eigenvalue weighted by Crippen LogP contribution is -2.15. The number of carbonyl (C=O) groups excluding carboxylic acids is 1. The van der Waals surface area contributed by atoms with Gasteiger partial charge in [0.15, 0.2) is 5.75 Å². The highest BCUT2D eigenvalue weighted by atomic mass is 16.5. The molecule has 86 valence electrons. The Kier molecular flexibility index (Phi) is 3.05. The van der Waals surface area contributed by atoms with E-state index in [0.29, 0.717) is 5.56 Å². The summed E-state index contributed by atoms with van der Waals surface area (Å²) < 4.78 is 6.69. The largest absolute Gasteiger partial charge is 0.417 e. The van der Waals surface area contributed by atoms with Crippen LogP contribution in [-0.4, -0.2) is 10.5 Å². The van der Waals surface area contributed by atoms with Gasteiger partial charge in [0.05, 0.1) is 11.8 Å². The molecule has 1 heterocycles. The molecule has 4 nitrogen and oxygen atoms in total. The number of pyridine rings is 1. The minimum absolute atomic E-state index is 0.0313. The predicted molar refractivity (Wildman–Crippen MR) is 63.1 cm³/mol. The van der Waals surface area contributed by atoms with Gasteiger partial charge in [-0.2, -0.15) is 0 Å². The predicted octanol–water partition coefficient (Wildman–Crippen LogP) is 1.60. The second-order valence-corrected chi connectivity index (χ2v) is 3.59. The Balaban J connectivity index is 2.25. The van der Waals surface area contributed by atoms with Gasteiger partial charge in [-0.15, -0.1) is 0 Å². The Labute approximate surface area is 98.1 Å². The van der Waals surface area contributed by atoms with E-state index in [1.54, 1.807) is 48.1 Å². The van der Waals surface area contributed by atoms with E-state index in [-0.39, 0.29) is 11.2 Å². The molecule has 0 aliphatic carbocycles. The fraction of sp³-hybridized carbons (Fsp3) is 0.0769. The van der Waals surface area contributed by atoms with Crippen LogP contribution in [0.15, 0.2) is 53.6 Å². The molecular formula is C13H11NO3. The summed E-state index contributed by atoms with van der Waals surface area (Å²) in [5, 5.41) is 0. The minimum atomic E-state index is -0.533. The number of aryl methyl sites for hydroxylation is 1. The number of aromatic nitrogens is 1. The first-order valence-electron chi connectivity index (χ1n) is 5.10. The van der Waals surface area contributed by atoms with E-state index in [2.05, 4.69) is 0 Å². The van der Waals surface area contributed by atoms with Gasteiger partial charge in [-0.25, -0.2) is 4.79 Å². The van der Waals surface area contributed by atoms with Gasteiger partial charge in [-0.3, -0.25) is 4.79 Å². The number of carbonyl (C=O) groups is 1. The molecule has 2 aromatic rings. The summed E-state index contributed by atoms with van der Waals surface area (Å²) in [6.45, 7) is 0. The van der Waals surface area contributed by atoms with Crippen LogP contribution in [-0.2, 0) is 7.05 Å². The van der Waals surface area contributed by atoms with Crippen LogP contribution < -0.4 is 10.2 Å². The van der Waals surface area contributed by atoms with Crippen molar-refractivity contribution >= 4 is 5.97 Å². The van der Waals surface area contributed by atoms with Gasteiger partial charge in [0, 0.05) is 19.3 Å². The van der Waals surface area contributed by atoms with E-state index in [1.165, 1.54) is 12.3 Å². The molecule has 0 spiro atoms. The molecule has 1 aromatic carbocycles. The van der Waals surface area contributed by atoms with E-state index in [0.717, 1.165) is 0 Å². The Hall–Kier alpha value is -2.36. The lowest BCUT2D eigenvalue weighted by atomic mass is 10.2. The number of hydrogen-bond donors (Lipinski definition) is 0. The molecule has 0 fully saturated rings. The first-order chi connectivity index (χ1) is 8.16. The molecule has 4 heteroatoms. The quantitative estimate of drug-likeness (QED) is 0.735. The van der Waals surface area contributed by atoms with Crippen molar-refractivity contribution in [2.24, 2.45) is 7.05 Å². The lowest BCUT2D eigenvalue weighted by molar-refractivity contribution is 0.0732. The molecule has 2 rings (SSSR count). The zero-order valence-electron chi connectivity index (χ0n) is 9.29. The number of esters is 1. The molecule has 0 atom stereocenters. The van der Waals surface area contributed by atoms with Crippen molar-refractivity contribution in [2.45, 2.75) is 0 Å². The summed E-state index contributed by atoms with van der Waals surface area (Å²) in [6.07, 6.45) is 3.07. The third kappa shape index (κ3) is 2.60. The normalized spacial score (nSPS) is 9.94. The van der Waals surface area contributed by atoms with Crippen LogP contribution in [0.4, 0.5) is 0 Å². The Morgan fingerprint density at radius 2 is 1.88 bits per heavy atom. The Morgan fingerprint density at radius 1 is 1.18 bits per heavy atom. The third-order valence-corrected chi connectivity index (χ3v) is 2.24. The third-order valence-electron chi connectivity index (χ3n) is 2.24. The molecule has 0 unspecified atom stereocenters. The highest BCUT2D eigenvalue weighted by Crippen LogP contribution is 2.06. The van der Waals surface area contributed by atoms with E-state index < -0.39 is 5.97 Å². The highest BCUT2D eigenvalue weighted by molar-refractivity contribution is 5.90. The number of nitrogens with zero attached hydrogens (tertiary/aromatic N) is 1. The standard InChI is InChI=1S/C13H11NO3/c1-14-8-7-11(15)12(9-14)17-13(16)10-5-3-2-4-6-10/h2-9H,1H3. The first kappa shape index (κ1) is 11.1. The smallest absolute Gasteiger partial charge is 0.343 e. The number of ether oxygens (including phenoxy) is 1. The molecule has 0 aliphatic heterocycles. The van der Waals surface area contributed by atoms with Crippen LogP contribution in [0.1, 0.15) is 10.4 Å². The lowest BCUT2D eigenvalue weighted by Gasteiger charge is -2.04. The molecule has 0 saturated carbocycles. The molecule has 0 amide bonds. The summed E-state index contributed by atoms with van der Waals surface area (Å²) in [6, 6.07) is 9.90. The number of hydrogen-bond acceptors (Lipinski definition) is 3. The average Bonchev–Trinajstić information content (AvgIpc) is 2.35. The van der Waals surface area contributed by atoms with Crippen LogP contribution in [0.5, 0.6) is 5.75 Å². The summed E-state index contributed by atoms with van der Waals surface area (Å²) in [5.74, 6) is -0.502. The van der Waals surface area contributed by atoms with E-state index in [1.807, 2.05) is 0 Å². The average molecular weight is 229 g/mol. The van der Waals surface area contributed by atoms with Crippen LogP contribution in [0.2, 0.25) is 0 Å². The van der Waals surface area contributed by atoms with Crippen molar-refractivity contribution in [3.05, 3.63) is 64.6 Å². The first-order valence-corrected chi connectivity index (χ1v) is 5.10. The number of rotatable bonds is 2. The fourth-order valence-electron chi connectivity index (χ4n) is 1.37. The van der Waals surface area contributed by atoms with Gasteiger partial charge in [0.2, 0.25) is 5.43 Å². The van der Waals surface area contributed by atoms with Gasteiger partial charge in [0.1, 0.15) is 0 Å². The van der Waals surface area contributed by atoms with E-state index >= 15 is 0 Å². The molecule has 0 saturated heterocycles. The zero-order valence-corrected chi connectivity index (χ0v) is 9.29. The van der Waals surface area contributed by atoms with Crippen molar-refractivity contribution in [3.8, 4) is 5.75 Å².